The summed E-state index contributed by atoms with van der Waals surface area (Å²) < 4.78 is 5.39. The number of amides is 1. The lowest BCUT2D eigenvalue weighted by molar-refractivity contribution is 0.0590. The minimum Gasteiger partial charge on any atom is -0.378 e. The summed E-state index contributed by atoms with van der Waals surface area (Å²) >= 11 is 0. The summed E-state index contributed by atoms with van der Waals surface area (Å²) in [6, 6.07) is 25.0. The van der Waals surface area contributed by atoms with Crippen LogP contribution in [0.25, 0.3) is 0 Å². The van der Waals surface area contributed by atoms with E-state index < -0.39 is 0 Å². The van der Waals surface area contributed by atoms with Crippen LogP contribution in [0.1, 0.15) is 27.7 Å². The number of carbonyl (C=O) groups excluding carboxylic acids is 1. The monoisotopic (exact) mass is 443 g/mol. The Hall–Kier alpha value is -3.29. The number of nitrogens with zero attached hydrogens (tertiary/aromatic N) is 5. The summed E-state index contributed by atoms with van der Waals surface area (Å²) in [6.45, 7) is 5.93. The van der Waals surface area contributed by atoms with Crippen LogP contribution in [-0.2, 0) is 4.74 Å². The first kappa shape index (κ1) is 21.6. The molecule has 7 nitrogen and oxygen atoms in total. The third-order valence-corrected chi connectivity index (χ3v) is 6.40. The predicted octanol–water partition coefficient (Wildman–Crippen LogP) is 2.86. The van der Waals surface area contributed by atoms with Gasteiger partial charge in [0, 0.05) is 39.3 Å². The van der Waals surface area contributed by atoms with Gasteiger partial charge in [0.15, 0.2) is 11.5 Å². The number of hydrogen-bond donors (Lipinski definition) is 0. The van der Waals surface area contributed by atoms with Crippen LogP contribution in [0, 0.1) is 0 Å². The molecule has 3 aromatic rings. The molecule has 0 N–H and O–H groups in total. The molecule has 1 aromatic heterocycles. The standard InChI is InChI=1S/C26H29N5O2/c32-26(23-11-12-24(28-27-23)29-17-19-33-20-18-29)31-15-13-30(14-16-31)25(21-7-3-1-4-8-21)22-9-5-2-6-10-22/h1-12,25H,13-20H2. The Labute approximate surface area is 194 Å². The molecule has 2 aliphatic heterocycles. The summed E-state index contributed by atoms with van der Waals surface area (Å²) in [5.74, 6) is 0.750. The van der Waals surface area contributed by atoms with Crippen LogP contribution in [-0.4, -0.2) is 78.4 Å². The third kappa shape index (κ3) is 4.89. The molecule has 0 bridgehead atoms. The second-order valence-electron chi connectivity index (χ2n) is 8.43. The fraction of sp³-hybridized carbons (Fsp3) is 0.346. The van der Waals surface area contributed by atoms with Crippen molar-refractivity contribution in [1.29, 1.82) is 0 Å². The van der Waals surface area contributed by atoms with E-state index >= 15 is 0 Å². The molecule has 5 rings (SSSR count). The SMILES string of the molecule is O=C(c1ccc(N2CCOCC2)nn1)N1CCN(C(c2ccccc2)c2ccccc2)CC1. The Kier molecular flexibility index (Phi) is 6.60. The van der Waals surface area contributed by atoms with Crippen LogP contribution < -0.4 is 4.90 Å². The third-order valence-electron chi connectivity index (χ3n) is 6.40. The fourth-order valence-corrected chi connectivity index (χ4v) is 4.63. The molecule has 3 heterocycles. The van der Waals surface area contributed by atoms with Gasteiger partial charge in [-0.15, -0.1) is 10.2 Å². The number of aromatic nitrogens is 2. The number of carbonyl (C=O) groups is 1. The number of hydrogen-bond acceptors (Lipinski definition) is 6. The van der Waals surface area contributed by atoms with Crippen molar-refractivity contribution in [3.8, 4) is 0 Å². The van der Waals surface area contributed by atoms with Crippen molar-refractivity contribution in [2.24, 2.45) is 0 Å². The van der Waals surface area contributed by atoms with Crippen LogP contribution in [0.3, 0.4) is 0 Å². The molecule has 2 fully saturated rings. The zero-order chi connectivity index (χ0) is 22.5. The molecule has 0 aliphatic carbocycles. The summed E-state index contributed by atoms with van der Waals surface area (Å²) in [4.78, 5) is 19.6. The normalized spacial score (nSPS) is 17.4. The highest BCUT2D eigenvalue weighted by molar-refractivity contribution is 5.92. The van der Waals surface area contributed by atoms with Gasteiger partial charge >= 0.3 is 0 Å². The number of morpholine rings is 1. The van der Waals surface area contributed by atoms with Crippen molar-refractivity contribution in [2.75, 3.05) is 57.4 Å². The summed E-state index contributed by atoms with van der Waals surface area (Å²) in [7, 11) is 0. The first-order valence-corrected chi connectivity index (χ1v) is 11.6. The number of benzene rings is 2. The zero-order valence-corrected chi connectivity index (χ0v) is 18.7. The molecule has 170 valence electrons. The minimum atomic E-state index is -0.0494. The van der Waals surface area contributed by atoms with Crippen LogP contribution >= 0.6 is 0 Å². The number of ether oxygens (including phenoxy) is 1. The van der Waals surface area contributed by atoms with E-state index in [4.69, 9.17) is 4.74 Å². The molecule has 0 unspecified atom stereocenters. The second kappa shape index (κ2) is 10.1. The van der Waals surface area contributed by atoms with Crippen molar-refractivity contribution >= 4 is 11.7 Å². The molecule has 0 saturated carbocycles. The van der Waals surface area contributed by atoms with Gasteiger partial charge in [-0.25, -0.2) is 0 Å². The molecule has 0 atom stereocenters. The van der Waals surface area contributed by atoms with Gasteiger partial charge in [0.2, 0.25) is 0 Å². The smallest absolute Gasteiger partial charge is 0.274 e. The molecule has 2 aliphatic rings. The molecule has 0 radical (unpaired) electrons. The highest BCUT2D eigenvalue weighted by Crippen LogP contribution is 2.29. The first-order chi connectivity index (χ1) is 16.3. The maximum Gasteiger partial charge on any atom is 0.274 e. The summed E-state index contributed by atoms with van der Waals surface area (Å²) in [5, 5.41) is 8.54. The second-order valence-corrected chi connectivity index (χ2v) is 8.43. The van der Waals surface area contributed by atoms with Crippen molar-refractivity contribution in [1.82, 2.24) is 20.0 Å². The molecular formula is C26H29N5O2. The lowest BCUT2D eigenvalue weighted by Crippen LogP contribution is -2.50. The van der Waals surface area contributed by atoms with E-state index in [1.807, 2.05) is 23.1 Å². The van der Waals surface area contributed by atoms with E-state index in [-0.39, 0.29) is 11.9 Å². The van der Waals surface area contributed by atoms with E-state index in [9.17, 15) is 4.79 Å². The largest absolute Gasteiger partial charge is 0.378 e. The van der Waals surface area contributed by atoms with Crippen molar-refractivity contribution < 1.29 is 9.53 Å². The van der Waals surface area contributed by atoms with Gasteiger partial charge in [-0.1, -0.05) is 60.7 Å². The molecule has 33 heavy (non-hydrogen) atoms. The zero-order valence-electron chi connectivity index (χ0n) is 18.7. The quantitative estimate of drug-likeness (QED) is 0.604. The van der Waals surface area contributed by atoms with E-state index in [0.29, 0.717) is 32.0 Å². The summed E-state index contributed by atoms with van der Waals surface area (Å²) in [6.07, 6.45) is 0. The Bertz CT molecular complexity index is 992. The maximum atomic E-state index is 13.1. The minimum absolute atomic E-state index is 0.0494. The molecular weight excluding hydrogens is 414 g/mol. The molecule has 1 amide bonds. The van der Waals surface area contributed by atoms with Crippen LogP contribution in [0.15, 0.2) is 72.8 Å². The van der Waals surface area contributed by atoms with Gasteiger partial charge in [-0.3, -0.25) is 9.69 Å². The van der Waals surface area contributed by atoms with E-state index in [1.54, 1.807) is 6.07 Å². The Balaban J connectivity index is 1.25. The van der Waals surface area contributed by atoms with Crippen LogP contribution in [0.4, 0.5) is 5.82 Å². The van der Waals surface area contributed by atoms with Gasteiger partial charge in [0.05, 0.1) is 19.3 Å². The predicted molar refractivity (Wildman–Crippen MR) is 127 cm³/mol. The lowest BCUT2D eigenvalue weighted by atomic mass is 9.96. The average molecular weight is 444 g/mol. The van der Waals surface area contributed by atoms with Gasteiger partial charge in [0.1, 0.15) is 0 Å². The molecule has 0 spiro atoms. The van der Waals surface area contributed by atoms with E-state index in [2.05, 4.69) is 68.5 Å². The molecule has 2 saturated heterocycles. The van der Waals surface area contributed by atoms with Crippen LogP contribution in [0.5, 0.6) is 0 Å². The van der Waals surface area contributed by atoms with Gasteiger partial charge < -0.3 is 14.5 Å². The topological polar surface area (TPSA) is 61.8 Å². The highest BCUT2D eigenvalue weighted by Gasteiger charge is 2.29. The lowest BCUT2D eigenvalue weighted by Gasteiger charge is -2.39. The van der Waals surface area contributed by atoms with Crippen molar-refractivity contribution in [2.45, 2.75) is 6.04 Å². The molecule has 2 aromatic carbocycles. The van der Waals surface area contributed by atoms with Gasteiger partial charge in [-0.05, 0) is 23.3 Å². The van der Waals surface area contributed by atoms with E-state index in [0.717, 1.165) is 32.0 Å². The van der Waals surface area contributed by atoms with E-state index in [1.165, 1.54) is 11.1 Å². The molecule has 7 heteroatoms. The number of rotatable bonds is 5. The van der Waals surface area contributed by atoms with Crippen LogP contribution in [0.2, 0.25) is 0 Å². The Morgan fingerprint density at radius 3 is 1.88 bits per heavy atom. The highest BCUT2D eigenvalue weighted by atomic mass is 16.5. The number of anilines is 1. The van der Waals surface area contributed by atoms with Crippen molar-refractivity contribution in [3.05, 3.63) is 89.6 Å². The van der Waals surface area contributed by atoms with Crippen molar-refractivity contribution in [3.63, 3.8) is 0 Å². The average Bonchev–Trinajstić information content (AvgIpc) is 2.91. The van der Waals surface area contributed by atoms with Gasteiger partial charge in [-0.2, -0.15) is 0 Å². The maximum absolute atomic E-state index is 13.1. The van der Waals surface area contributed by atoms with Gasteiger partial charge in [0.25, 0.3) is 5.91 Å². The number of piperazine rings is 1. The fourth-order valence-electron chi connectivity index (χ4n) is 4.63. The summed E-state index contributed by atoms with van der Waals surface area (Å²) in [5.41, 5.74) is 2.95. The Morgan fingerprint density at radius 1 is 0.727 bits per heavy atom. The first-order valence-electron chi connectivity index (χ1n) is 11.6. The Morgan fingerprint density at radius 2 is 1.33 bits per heavy atom.